The highest BCUT2D eigenvalue weighted by Crippen LogP contribution is 2.37. The van der Waals surface area contributed by atoms with Crippen LogP contribution in [0.15, 0.2) is 12.2 Å². The molecule has 104 valence electrons. The molecule has 0 unspecified atom stereocenters. The van der Waals surface area contributed by atoms with E-state index in [0.29, 0.717) is 6.61 Å². The molecular weight excluding hydrogens is 228 g/mol. The molecule has 0 aromatic heterocycles. The minimum Gasteiger partial charge on any atom is -0.389 e. The molecule has 3 heteroatoms. The molecule has 2 aliphatic rings. The Kier molecular flexibility index (Phi) is 5.22. The molecule has 2 fully saturated rings. The molecule has 1 spiro atoms. The first-order valence-electron chi connectivity index (χ1n) is 7.42. The minimum atomic E-state index is -0.337. The summed E-state index contributed by atoms with van der Waals surface area (Å²) in [6.45, 7) is 2.77. The van der Waals surface area contributed by atoms with Crippen molar-refractivity contribution in [2.24, 2.45) is 0 Å². The lowest BCUT2D eigenvalue weighted by atomic mass is 9.94. The highest BCUT2D eigenvalue weighted by molar-refractivity contribution is 4.98. The Morgan fingerprint density at radius 1 is 1.33 bits per heavy atom. The lowest BCUT2D eigenvalue weighted by molar-refractivity contribution is -0.183. The molecule has 0 amide bonds. The SMILES string of the molecule is CCCC[C@@H](O)/C=C/[C@H]1COC2(CCCCC2)O1. The molecule has 1 aliphatic heterocycles. The van der Waals surface area contributed by atoms with Crippen LogP contribution in [-0.4, -0.2) is 29.7 Å². The van der Waals surface area contributed by atoms with Crippen molar-refractivity contribution in [3.8, 4) is 0 Å². The molecule has 1 N–H and O–H groups in total. The van der Waals surface area contributed by atoms with Crippen LogP contribution in [-0.2, 0) is 9.47 Å². The van der Waals surface area contributed by atoms with E-state index in [1.807, 2.05) is 12.2 Å². The van der Waals surface area contributed by atoms with Crippen LogP contribution in [0.3, 0.4) is 0 Å². The van der Waals surface area contributed by atoms with Gasteiger partial charge in [0, 0.05) is 12.8 Å². The number of rotatable bonds is 5. The lowest BCUT2D eigenvalue weighted by Gasteiger charge is -2.31. The summed E-state index contributed by atoms with van der Waals surface area (Å²) in [6.07, 6.45) is 12.3. The zero-order valence-corrected chi connectivity index (χ0v) is 11.4. The zero-order chi connectivity index (χ0) is 12.8. The molecule has 3 nitrogen and oxygen atoms in total. The number of hydrogen-bond acceptors (Lipinski definition) is 3. The van der Waals surface area contributed by atoms with Crippen LogP contribution < -0.4 is 0 Å². The van der Waals surface area contributed by atoms with Crippen LogP contribution in [0.2, 0.25) is 0 Å². The Hall–Kier alpha value is -0.380. The molecule has 0 aromatic carbocycles. The van der Waals surface area contributed by atoms with Gasteiger partial charge in [-0.05, 0) is 19.3 Å². The minimum absolute atomic E-state index is 0.0272. The molecule has 1 saturated carbocycles. The Morgan fingerprint density at radius 3 is 2.83 bits per heavy atom. The van der Waals surface area contributed by atoms with Crippen LogP contribution in [0.25, 0.3) is 0 Å². The van der Waals surface area contributed by atoms with Crippen LogP contribution in [0, 0.1) is 0 Å². The predicted molar refractivity (Wildman–Crippen MR) is 71.3 cm³/mol. The van der Waals surface area contributed by atoms with Crippen molar-refractivity contribution in [2.75, 3.05) is 6.61 Å². The van der Waals surface area contributed by atoms with Gasteiger partial charge in [-0.1, -0.05) is 38.3 Å². The van der Waals surface area contributed by atoms with Crippen molar-refractivity contribution in [3.63, 3.8) is 0 Å². The second kappa shape index (κ2) is 6.69. The van der Waals surface area contributed by atoms with Gasteiger partial charge in [0.2, 0.25) is 0 Å². The van der Waals surface area contributed by atoms with Crippen LogP contribution in [0.5, 0.6) is 0 Å². The van der Waals surface area contributed by atoms with Gasteiger partial charge in [-0.2, -0.15) is 0 Å². The van der Waals surface area contributed by atoms with E-state index in [9.17, 15) is 5.11 Å². The van der Waals surface area contributed by atoms with Crippen molar-refractivity contribution in [3.05, 3.63) is 12.2 Å². The van der Waals surface area contributed by atoms with Crippen molar-refractivity contribution < 1.29 is 14.6 Å². The molecule has 0 radical (unpaired) electrons. The zero-order valence-electron chi connectivity index (χ0n) is 11.4. The molecule has 2 atom stereocenters. The first-order valence-corrected chi connectivity index (χ1v) is 7.42. The average molecular weight is 254 g/mol. The topological polar surface area (TPSA) is 38.7 Å². The molecule has 1 saturated heterocycles. The van der Waals surface area contributed by atoms with E-state index in [4.69, 9.17) is 9.47 Å². The lowest BCUT2D eigenvalue weighted by Crippen LogP contribution is -2.33. The van der Waals surface area contributed by atoms with Gasteiger partial charge in [-0.3, -0.25) is 0 Å². The summed E-state index contributed by atoms with van der Waals surface area (Å²) in [5, 5.41) is 9.76. The summed E-state index contributed by atoms with van der Waals surface area (Å²) in [4.78, 5) is 0. The largest absolute Gasteiger partial charge is 0.389 e. The van der Waals surface area contributed by atoms with Gasteiger partial charge in [0.1, 0.15) is 6.10 Å². The van der Waals surface area contributed by atoms with Crippen molar-refractivity contribution >= 4 is 0 Å². The standard InChI is InChI=1S/C15H26O3/c1-2-3-7-13(16)8-9-14-12-17-15(18-14)10-5-4-6-11-15/h8-9,13-14,16H,2-7,10-12H2,1H3/b9-8+/t13-,14+/m1/s1. The average Bonchev–Trinajstić information content (AvgIpc) is 2.78. The van der Waals surface area contributed by atoms with Gasteiger partial charge >= 0.3 is 0 Å². The van der Waals surface area contributed by atoms with Gasteiger partial charge in [-0.15, -0.1) is 0 Å². The summed E-state index contributed by atoms with van der Waals surface area (Å²) < 4.78 is 11.9. The van der Waals surface area contributed by atoms with Crippen LogP contribution in [0.4, 0.5) is 0 Å². The second-order valence-electron chi connectivity index (χ2n) is 5.53. The number of aliphatic hydroxyl groups excluding tert-OH is 1. The Labute approximate surface area is 110 Å². The van der Waals surface area contributed by atoms with Crippen LogP contribution in [0.1, 0.15) is 58.3 Å². The fraction of sp³-hybridized carbons (Fsp3) is 0.867. The fourth-order valence-electron chi connectivity index (χ4n) is 2.79. The second-order valence-corrected chi connectivity index (χ2v) is 5.53. The fourth-order valence-corrected chi connectivity index (χ4v) is 2.79. The van der Waals surface area contributed by atoms with Crippen molar-refractivity contribution in [1.82, 2.24) is 0 Å². The van der Waals surface area contributed by atoms with Crippen molar-refractivity contribution in [2.45, 2.75) is 76.3 Å². The van der Waals surface area contributed by atoms with E-state index in [1.165, 1.54) is 19.3 Å². The predicted octanol–water partition coefficient (Wildman–Crippen LogP) is 3.17. The van der Waals surface area contributed by atoms with E-state index in [-0.39, 0.29) is 18.0 Å². The van der Waals surface area contributed by atoms with Gasteiger partial charge in [0.05, 0.1) is 12.7 Å². The van der Waals surface area contributed by atoms with E-state index < -0.39 is 0 Å². The third-order valence-electron chi connectivity index (χ3n) is 3.89. The van der Waals surface area contributed by atoms with Gasteiger partial charge in [0.25, 0.3) is 0 Å². The third kappa shape index (κ3) is 3.81. The molecule has 0 bridgehead atoms. The normalized spacial score (nSPS) is 29.1. The summed E-state index contributed by atoms with van der Waals surface area (Å²) in [5.74, 6) is -0.304. The number of ether oxygens (including phenoxy) is 2. The number of hydrogen-bond donors (Lipinski definition) is 1. The summed E-state index contributed by atoms with van der Waals surface area (Å²) in [5.41, 5.74) is 0. The summed E-state index contributed by atoms with van der Waals surface area (Å²) >= 11 is 0. The highest BCUT2D eigenvalue weighted by atomic mass is 16.7. The van der Waals surface area contributed by atoms with E-state index in [0.717, 1.165) is 32.1 Å². The molecule has 1 heterocycles. The first kappa shape index (κ1) is 14.0. The van der Waals surface area contributed by atoms with Gasteiger partial charge < -0.3 is 14.6 Å². The molecule has 18 heavy (non-hydrogen) atoms. The van der Waals surface area contributed by atoms with Crippen molar-refractivity contribution in [1.29, 1.82) is 0 Å². The maximum Gasteiger partial charge on any atom is 0.169 e. The van der Waals surface area contributed by atoms with Crippen LogP contribution >= 0.6 is 0 Å². The molecular formula is C15H26O3. The smallest absolute Gasteiger partial charge is 0.169 e. The number of unbranched alkanes of at least 4 members (excludes halogenated alkanes) is 1. The Morgan fingerprint density at radius 2 is 2.11 bits per heavy atom. The van der Waals surface area contributed by atoms with Gasteiger partial charge in [0.15, 0.2) is 5.79 Å². The molecule has 0 aromatic rings. The van der Waals surface area contributed by atoms with E-state index in [1.54, 1.807) is 0 Å². The maximum atomic E-state index is 9.76. The Bertz CT molecular complexity index is 269. The summed E-state index contributed by atoms with van der Waals surface area (Å²) in [6, 6.07) is 0. The van der Waals surface area contributed by atoms with Gasteiger partial charge in [-0.25, -0.2) is 0 Å². The summed E-state index contributed by atoms with van der Waals surface area (Å²) in [7, 11) is 0. The molecule has 2 rings (SSSR count). The van der Waals surface area contributed by atoms with E-state index >= 15 is 0 Å². The first-order chi connectivity index (χ1) is 8.74. The maximum absolute atomic E-state index is 9.76. The van der Waals surface area contributed by atoms with E-state index in [2.05, 4.69) is 6.92 Å². The highest BCUT2D eigenvalue weighted by Gasteiger charge is 2.41. The Balaban J connectivity index is 1.76. The number of aliphatic hydroxyl groups is 1. The molecule has 1 aliphatic carbocycles. The quantitative estimate of drug-likeness (QED) is 0.766. The monoisotopic (exact) mass is 254 g/mol. The third-order valence-corrected chi connectivity index (χ3v) is 3.89.